The van der Waals surface area contributed by atoms with Gasteiger partial charge in [-0.15, -0.1) is 0 Å². The Morgan fingerprint density at radius 3 is 2.42 bits per heavy atom. The number of nitrogens with one attached hydrogen (secondary N) is 1. The van der Waals surface area contributed by atoms with Gasteiger partial charge in [0.05, 0.1) is 11.4 Å². The molecule has 0 fully saturated rings. The number of aliphatic imine (C=N–C) groups is 1. The van der Waals surface area contributed by atoms with Gasteiger partial charge in [-0.1, -0.05) is 37.3 Å². The maximum atomic E-state index is 14.8. The topological polar surface area (TPSA) is 108 Å². The largest absolute Gasteiger partial charge is 0.480 e. The van der Waals surface area contributed by atoms with Crippen molar-refractivity contribution in [2.45, 2.75) is 45.9 Å². The Balaban J connectivity index is 2.23. The number of hydrogen-bond acceptors (Lipinski definition) is 5. The van der Waals surface area contributed by atoms with Crippen LogP contribution in [0.15, 0.2) is 47.5 Å². The molecule has 0 saturated carbocycles. The maximum Gasteiger partial charge on any atom is 0.409 e. The van der Waals surface area contributed by atoms with Gasteiger partial charge >= 0.3 is 12.1 Å². The van der Waals surface area contributed by atoms with Gasteiger partial charge in [0.25, 0.3) is 5.91 Å². The SMILES string of the molecule is CCc1cccc2c1N(CC(=O)O)C(=O)C(NC(=O)OC(C)(C)C)N=C2c1ccccc1F. The van der Waals surface area contributed by atoms with Gasteiger partial charge in [-0.2, -0.15) is 0 Å². The molecular weight excluding hydrogens is 429 g/mol. The van der Waals surface area contributed by atoms with Gasteiger partial charge in [0.2, 0.25) is 6.17 Å². The van der Waals surface area contributed by atoms with E-state index in [2.05, 4.69) is 10.3 Å². The number of para-hydroxylation sites is 1. The summed E-state index contributed by atoms with van der Waals surface area (Å²) in [5, 5.41) is 11.9. The average molecular weight is 455 g/mol. The quantitative estimate of drug-likeness (QED) is 0.717. The number of halogens is 1. The van der Waals surface area contributed by atoms with Crippen molar-refractivity contribution in [1.29, 1.82) is 0 Å². The van der Waals surface area contributed by atoms with Crippen LogP contribution in [0.1, 0.15) is 44.4 Å². The van der Waals surface area contributed by atoms with Gasteiger partial charge < -0.3 is 9.84 Å². The molecule has 2 amide bonds. The fraction of sp³-hybridized carbons (Fsp3) is 0.333. The van der Waals surface area contributed by atoms with Crippen molar-refractivity contribution in [1.82, 2.24) is 5.32 Å². The number of aryl methyl sites for hydroxylation is 1. The van der Waals surface area contributed by atoms with E-state index in [9.17, 15) is 23.9 Å². The van der Waals surface area contributed by atoms with Crippen LogP contribution in [0.2, 0.25) is 0 Å². The smallest absolute Gasteiger partial charge is 0.409 e. The molecule has 0 aromatic heterocycles. The van der Waals surface area contributed by atoms with Gasteiger partial charge in [0.15, 0.2) is 0 Å². The van der Waals surface area contributed by atoms with E-state index in [1.807, 2.05) is 6.92 Å². The minimum Gasteiger partial charge on any atom is -0.480 e. The third-order valence-electron chi connectivity index (χ3n) is 4.86. The van der Waals surface area contributed by atoms with Crippen molar-refractivity contribution in [2.75, 3.05) is 11.4 Å². The van der Waals surface area contributed by atoms with E-state index in [0.717, 1.165) is 4.90 Å². The summed E-state index contributed by atoms with van der Waals surface area (Å²) < 4.78 is 20.1. The highest BCUT2D eigenvalue weighted by Gasteiger charge is 2.36. The highest BCUT2D eigenvalue weighted by atomic mass is 19.1. The van der Waals surface area contributed by atoms with Crippen LogP contribution in [0, 0.1) is 5.82 Å². The molecular formula is C24H26FN3O5. The lowest BCUT2D eigenvalue weighted by Gasteiger charge is -2.26. The Labute approximate surface area is 191 Å². The van der Waals surface area contributed by atoms with Crippen LogP contribution < -0.4 is 10.2 Å². The van der Waals surface area contributed by atoms with Gasteiger partial charge in [0.1, 0.15) is 18.0 Å². The Hall–Kier alpha value is -3.75. The predicted octanol–water partition coefficient (Wildman–Crippen LogP) is 3.51. The molecule has 1 atom stereocenters. The number of fused-ring (bicyclic) bond motifs is 1. The molecule has 174 valence electrons. The molecule has 3 rings (SSSR count). The number of carboxylic acid groups (broad SMARTS) is 1. The molecule has 2 N–H and O–H groups in total. The zero-order valence-electron chi connectivity index (χ0n) is 18.9. The van der Waals surface area contributed by atoms with Crippen LogP contribution in [0.5, 0.6) is 0 Å². The summed E-state index contributed by atoms with van der Waals surface area (Å²) >= 11 is 0. The molecule has 0 aliphatic carbocycles. The van der Waals surface area contributed by atoms with Gasteiger partial charge in [-0.05, 0) is 44.9 Å². The number of ether oxygens (including phenoxy) is 1. The number of benzodiazepines with no additional fused rings is 1. The third-order valence-corrected chi connectivity index (χ3v) is 4.86. The number of hydrogen-bond donors (Lipinski definition) is 2. The van der Waals surface area contributed by atoms with Gasteiger partial charge in [-0.25, -0.2) is 14.2 Å². The number of carboxylic acids is 1. The third kappa shape index (κ3) is 5.36. The molecule has 0 radical (unpaired) electrons. The second-order valence-corrected chi connectivity index (χ2v) is 8.49. The molecule has 0 saturated heterocycles. The fourth-order valence-electron chi connectivity index (χ4n) is 3.57. The number of nitrogens with zero attached hydrogens (tertiary/aromatic N) is 2. The van der Waals surface area contributed by atoms with Crippen molar-refractivity contribution in [3.8, 4) is 0 Å². The highest BCUT2D eigenvalue weighted by molar-refractivity contribution is 6.21. The first-order valence-corrected chi connectivity index (χ1v) is 10.5. The number of rotatable bonds is 5. The molecule has 33 heavy (non-hydrogen) atoms. The Morgan fingerprint density at radius 1 is 1.15 bits per heavy atom. The molecule has 1 heterocycles. The van der Waals surface area contributed by atoms with Crippen molar-refractivity contribution in [2.24, 2.45) is 4.99 Å². The summed E-state index contributed by atoms with van der Waals surface area (Å²) in [6.07, 6.45) is -1.94. The minimum absolute atomic E-state index is 0.118. The van der Waals surface area contributed by atoms with E-state index in [1.54, 1.807) is 45.0 Å². The predicted molar refractivity (Wildman–Crippen MR) is 121 cm³/mol. The molecule has 1 unspecified atom stereocenters. The van der Waals surface area contributed by atoms with Crippen molar-refractivity contribution in [3.63, 3.8) is 0 Å². The summed E-state index contributed by atoms with van der Waals surface area (Å²) in [4.78, 5) is 43.1. The zero-order chi connectivity index (χ0) is 24.3. The van der Waals surface area contributed by atoms with Crippen LogP contribution >= 0.6 is 0 Å². The van der Waals surface area contributed by atoms with E-state index in [4.69, 9.17) is 4.74 Å². The van der Waals surface area contributed by atoms with Crippen LogP contribution in [-0.4, -0.2) is 47.1 Å². The first-order valence-electron chi connectivity index (χ1n) is 10.5. The number of carbonyl (C=O) groups is 3. The minimum atomic E-state index is -1.52. The van der Waals surface area contributed by atoms with Gasteiger partial charge in [-0.3, -0.25) is 19.8 Å². The van der Waals surface area contributed by atoms with Gasteiger partial charge in [0, 0.05) is 11.1 Å². The van der Waals surface area contributed by atoms with Crippen LogP contribution in [0.4, 0.5) is 14.9 Å². The normalized spacial score (nSPS) is 15.9. The highest BCUT2D eigenvalue weighted by Crippen LogP contribution is 2.32. The zero-order valence-corrected chi connectivity index (χ0v) is 18.9. The number of amides is 2. The number of carbonyl (C=O) groups excluding carboxylic acids is 2. The Kier molecular flexibility index (Phi) is 6.81. The van der Waals surface area contributed by atoms with E-state index < -0.39 is 42.1 Å². The summed E-state index contributed by atoms with van der Waals surface area (Å²) in [6, 6.07) is 11.1. The summed E-state index contributed by atoms with van der Waals surface area (Å²) in [5.74, 6) is -2.58. The van der Waals surface area contributed by atoms with E-state index in [1.165, 1.54) is 18.2 Å². The first-order chi connectivity index (χ1) is 15.5. The fourth-order valence-corrected chi connectivity index (χ4v) is 3.57. The summed E-state index contributed by atoms with van der Waals surface area (Å²) in [7, 11) is 0. The van der Waals surface area contributed by atoms with E-state index in [0.29, 0.717) is 23.2 Å². The van der Waals surface area contributed by atoms with Crippen molar-refractivity contribution < 1.29 is 28.6 Å². The van der Waals surface area contributed by atoms with Crippen LogP contribution in [0.25, 0.3) is 0 Å². The lowest BCUT2D eigenvalue weighted by molar-refractivity contribution is -0.136. The lowest BCUT2D eigenvalue weighted by atomic mass is 9.96. The average Bonchev–Trinajstić information content (AvgIpc) is 2.83. The molecule has 1 aliphatic rings. The standard InChI is InChI=1S/C24H26FN3O5/c1-5-14-9-8-11-16-19(15-10-6-7-12-17(15)25)26-21(27-23(32)33-24(2,3)4)22(31)28(20(14)16)13-18(29)30/h6-12,21H,5,13H2,1-4H3,(H,27,32)(H,29,30). The number of aliphatic carboxylic acids is 1. The summed E-state index contributed by atoms with van der Waals surface area (Å²) in [6.45, 7) is 6.19. The molecule has 0 spiro atoms. The van der Waals surface area contributed by atoms with E-state index >= 15 is 0 Å². The lowest BCUT2D eigenvalue weighted by Crippen LogP contribution is -2.50. The first kappa shape index (κ1) is 23.9. The Morgan fingerprint density at radius 2 is 1.82 bits per heavy atom. The molecule has 0 bridgehead atoms. The maximum absolute atomic E-state index is 14.8. The van der Waals surface area contributed by atoms with Crippen LogP contribution in [0.3, 0.4) is 0 Å². The monoisotopic (exact) mass is 455 g/mol. The molecule has 2 aromatic rings. The van der Waals surface area contributed by atoms with Crippen molar-refractivity contribution in [3.05, 3.63) is 65.0 Å². The molecule has 8 nitrogen and oxygen atoms in total. The van der Waals surface area contributed by atoms with Crippen molar-refractivity contribution >= 4 is 29.4 Å². The number of alkyl carbamates (subject to hydrolysis) is 1. The van der Waals surface area contributed by atoms with Crippen LogP contribution in [-0.2, 0) is 20.7 Å². The number of benzene rings is 2. The number of anilines is 1. The Bertz CT molecular complexity index is 1120. The second kappa shape index (κ2) is 9.40. The molecule has 2 aromatic carbocycles. The second-order valence-electron chi connectivity index (χ2n) is 8.49. The van der Waals surface area contributed by atoms with E-state index in [-0.39, 0.29) is 11.3 Å². The summed E-state index contributed by atoms with van der Waals surface area (Å²) in [5.41, 5.74) is 0.804. The molecule has 1 aliphatic heterocycles. The molecule has 9 heteroatoms.